The van der Waals surface area contributed by atoms with E-state index in [1.807, 2.05) is 18.2 Å². The molecule has 0 heterocycles. The zero-order chi connectivity index (χ0) is 22.4. The second kappa shape index (κ2) is 11.0. The number of benzene rings is 3. The van der Waals surface area contributed by atoms with E-state index >= 15 is 0 Å². The molecule has 3 aromatic carbocycles. The fraction of sp³-hybridized carbons (Fsp3) is 0.0909. The van der Waals surface area contributed by atoms with Crippen LogP contribution in [0, 0.1) is 3.57 Å². The summed E-state index contributed by atoms with van der Waals surface area (Å²) >= 11 is 20.5. The Kier molecular flexibility index (Phi) is 8.43. The molecule has 0 aromatic heterocycles. The number of nitrogens with zero attached hydrogens (tertiary/aromatic N) is 1. The van der Waals surface area contributed by atoms with Gasteiger partial charge in [0.2, 0.25) is 0 Å². The highest BCUT2D eigenvalue weighted by molar-refractivity contribution is 14.1. The molecule has 0 bridgehead atoms. The smallest absolute Gasteiger partial charge is 0.271 e. The minimum absolute atomic E-state index is 0.229. The van der Waals surface area contributed by atoms with Gasteiger partial charge < -0.3 is 9.47 Å². The molecule has 1 amide bonds. The van der Waals surface area contributed by atoms with E-state index in [-0.39, 0.29) is 12.5 Å². The Morgan fingerprint density at radius 1 is 1.03 bits per heavy atom. The first-order valence-electron chi connectivity index (χ1n) is 8.90. The average Bonchev–Trinajstić information content (AvgIpc) is 2.75. The van der Waals surface area contributed by atoms with E-state index in [9.17, 15) is 4.79 Å². The Labute approximate surface area is 208 Å². The molecule has 0 aliphatic heterocycles. The van der Waals surface area contributed by atoms with Gasteiger partial charge in [-0.05, 0) is 82.2 Å². The molecule has 31 heavy (non-hydrogen) atoms. The number of hydrogen-bond acceptors (Lipinski definition) is 4. The van der Waals surface area contributed by atoms with E-state index in [1.165, 1.54) is 13.3 Å². The molecule has 5 nitrogen and oxygen atoms in total. The summed E-state index contributed by atoms with van der Waals surface area (Å²) in [6, 6.07) is 15.8. The summed E-state index contributed by atoms with van der Waals surface area (Å²) in [6.45, 7) is 0.229. The summed E-state index contributed by atoms with van der Waals surface area (Å²) in [4.78, 5) is 12.1. The van der Waals surface area contributed by atoms with Gasteiger partial charge in [0.15, 0.2) is 11.5 Å². The molecule has 0 saturated heterocycles. The van der Waals surface area contributed by atoms with Crippen LogP contribution in [0.4, 0.5) is 0 Å². The van der Waals surface area contributed by atoms with Crippen molar-refractivity contribution in [1.29, 1.82) is 0 Å². The monoisotopic (exact) mass is 588 g/mol. The summed E-state index contributed by atoms with van der Waals surface area (Å²) < 4.78 is 12.3. The molecule has 0 aliphatic rings. The van der Waals surface area contributed by atoms with Gasteiger partial charge in [0, 0.05) is 9.13 Å². The van der Waals surface area contributed by atoms with E-state index in [4.69, 9.17) is 44.3 Å². The van der Waals surface area contributed by atoms with Crippen LogP contribution < -0.4 is 14.9 Å². The molecule has 0 saturated carbocycles. The zero-order valence-electron chi connectivity index (χ0n) is 16.2. The Balaban J connectivity index is 1.69. The van der Waals surface area contributed by atoms with Crippen LogP contribution in [0.3, 0.4) is 0 Å². The lowest BCUT2D eigenvalue weighted by molar-refractivity contribution is 0.0955. The van der Waals surface area contributed by atoms with Crippen LogP contribution in [0.1, 0.15) is 21.5 Å². The first kappa shape index (κ1) is 23.7. The molecule has 1 N–H and O–H groups in total. The third kappa shape index (κ3) is 6.49. The number of nitrogens with one attached hydrogen (secondary N) is 1. The highest BCUT2D eigenvalue weighted by Crippen LogP contribution is 2.37. The summed E-state index contributed by atoms with van der Waals surface area (Å²) in [6.07, 6.45) is 1.47. The Morgan fingerprint density at radius 2 is 1.77 bits per heavy atom. The predicted octanol–water partition coefficient (Wildman–Crippen LogP) is 6.60. The molecule has 9 heteroatoms. The van der Waals surface area contributed by atoms with Crippen LogP contribution in [-0.2, 0) is 6.61 Å². The third-order valence-electron chi connectivity index (χ3n) is 4.11. The minimum Gasteiger partial charge on any atom is -0.493 e. The van der Waals surface area contributed by atoms with Gasteiger partial charge in [-0.15, -0.1) is 0 Å². The maximum atomic E-state index is 12.1. The van der Waals surface area contributed by atoms with Crippen molar-refractivity contribution in [3.05, 3.63) is 89.9 Å². The highest BCUT2D eigenvalue weighted by Gasteiger charge is 2.12. The quantitative estimate of drug-likeness (QED) is 0.192. The largest absolute Gasteiger partial charge is 0.493 e. The summed E-state index contributed by atoms with van der Waals surface area (Å²) in [5, 5.41) is 5.24. The molecule has 0 atom stereocenters. The number of ether oxygens (including phenoxy) is 2. The third-order valence-corrected chi connectivity index (χ3v) is 5.84. The van der Waals surface area contributed by atoms with Gasteiger partial charge in [0.1, 0.15) is 6.61 Å². The Morgan fingerprint density at radius 3 is 2.45 bits per heavy atom. The molecule has 0 aliphatic carbocycles. The van der Waals surface area contributed by atoms with E-state index < -0.39 is 0 Å². The molecule has 160 valence electrons. The molecular weight excluding hydrogens is 574 g/mol. The summed E-state index contributed by atoms with van der Waals surface area (Å²) in [7, 11) is 1.51. The molecular formula is C22H16Cl3IN2O3. The molecule has 0 radical (unpaired) electrons. The van der Waals surface area contributed by atoms with Crippen molar-refractivity contribution in [2.75, 3.05) is 7.11 Å². The summed E-state index contributed by atoms with van der Waals surface area (Å²) in [5.41, 5.74) is 4.46. The van der Waals surface area contributed by atoms with Crippen LogP contribution >= 0.6 is 57.4 Å². The second-order valence-electron chi connectivity index (χ2n) is 6.28. The number of carbonyl (C=O) groups excluding carboxylic acids is 1. The number of halogens is 4. The van der Waals surface area contributed by atoms with Crippen molar-refractivity contribution in [3.63, 3.8) is 0 Å². The molecule has 0 spiro atoms. The van der Waals surface area contributed by atoms with Crippen molar-refractivity contribution in [1.82, 2.24) is 5.43 Å². The zero-order valence-corrected chi connectivity index (χ0v) is 20.6. The number of hydrazone groups is 1. The van der Waals surface area contributed by atoms with Crippen molar-refractivity contribution in [3.8, 4) is 11.5 Å². The summed E-state index contributed by atoms with van der Waals surface area (Å²) in [5.74, 6) is 0.501. The first-order chi connectivity index (χ1) is 14.9. The van der Waals surface area contributed by atoms with E-state index in [0.717, 1.165) is 9.13 Å². The standard InChI is InChI=1S/C22H16Cl3IN2O3/c1-30-20-10-14(11-27-28-22(29)15-3-5-16(26)6-4-15)9-19(25)21(20)31-12-13-2-7-17(23)18(24)8-13/h2-11H,12H2,1H3,(H,28,29)/b27-11-. The van der Waals surface area contributed by atoms with Crippen LogP contribution in [0.2, 0.25) is 15.1 Å². The van der Waals surface area contributed by atoms with Crippen molar-refractivity contribution >= 4 is 69.5 Å². The number of amides is 1. The number of hydrogen-bond donors (Lipinski definition) is 1. The number of carbonyl (C=O) groups is 1. The van der Waals surface area contributed by atoms with Gasteiger partial charge in [0.05, 0.1) is 28.4 Å². The number of methoxy groups -OCH3 is 1. The van der Waals surface area contributed by atoms with E-state index in [1.54, 1.807) is 36.4 Å². The lowest BCUT2D eigenvalue weighted by Gasteiger charge is -2.13. The molecule has 3 aromatic rings. The van der Waals surface area contributed by atoms with Crippen LogP contribution in [0.15, 0.2) is 59.7 Å². The first-order valence-corrected chi connectivity index (χ1v) is 11.1. The van der Waals surface area contributed by atoms with Crippen molar-refractivity contribution in [2.24, 2.45) is 5.10 Å². The van der Waals surface area contributed by atoms with E-state index in [0.29, 0.717) is 37.7 Å². The average molecular weight is 590 g/mol. The predicted molar refractivity (Wildman–Crippen MR) is 133 cm³/mol. The van der Waals surface area contributed by atoms with Crippen LogP contribution in [0.5, 0.6) is 11.5 Å². The molecule has 0 unspecified atom stereocenters. The second-order valence-corrected chi connectivity index (χ2v) is 8.74. The lowest BCUT2D eigenvalue weighted by atomic mass is 10.2. The fourth-order valence-electron chi connectivity index (χ4n) is 2.57. The topological polar surface area (TPSA) is 59.9 Å². The fourth-order valence-corrected chi connectivity index (χ4v) is 3.52. The van der Waals surface area contributed by atoms with Crippen molar-refractivity contribution in [2.45, 2.75) is 6.61 Å². The normalized spacial score (nSPS) is 10.9. The highest BCUT2D eigenvalue weighted by atomic mass is 127. The van der Waals surface area contributed by atoms with Crippen molar-refractivity contribution < 1.29 is 14.3 Å². The van der Waals surface area contributed by atoms with Crippen LogP contribution in [0.25, 0.3) is 0 Å². The number of rotatable bonds is 7. The van der Waals surface area contributed by atoms with Gasteiger partial charge in [-0.2, -0.15) is 5.10 Å². The molecule has 3 rings (SSSR count). The van der Waals surface area contributed by atoms with E-state index in [2.05, 4.69) is 33.1 Å². The van der Waals surface area contributed by atoms with Gasteiger partial charge in [0.25, 0.3) is 5.91 Å². The Hall–Kier alpha value is -2.00. The van der Waals surface area contributed by atoms with Gasteiger partial charge in [-0.25, -0.2) is 5.43 Å². The SMILES string of the molecule is COc1cc(/C=N\NC(=O)c2ccc(I)cc2)cc(Cl)c1OCc1ccc(Cl)c(Cl)c1. The maximum Gasteiger partial charge on any atom is 0.271 e. The van der Waals surface area contributed by atoms with Gasteiger partial charge >= 0.3 is 0 Å². The minimum atomic E-state index is -0.313. The molecule has 0 fully saturated rings. The Bertz CT molecular complexity index is 1120. The van der Waals surface area contributed by atoms with Crippen LogP contribution in [-0.4, -0.2) is 19.2 Å². The maximum absolute atomic E-state index is 12.1. The van der Waals surface area contributed by atoms with Gasteiger partial charge in [-0.1, -0.05) is 40.9 Å². The lowest BCUT2D eigenvalue weighted by Crippen LogP contribution is -2.17. The van der Waals surface area contributed by atoms with Gasteiger partial charge in [-0.3, -0.25) is 4.79 Å².